The average Bonchev–Trinajstić information content (AvgIpc) is 2.64. The van der Waals surface area contributed by atoms with Crippen LogP contribution in [0.3, 0.4) is 0 Å². The van der Waals surface area contributed by atoms with Gasteiger partial charge in [-0.1, -0.05) is 11.6 Å². The summed E-state index contributed by atoms with van der Waals surface area (Å²) in [7, 11) is 3.05. The van der Waals surface area contributed by atoms with Crippen LogP contribution >= 0.6 is 24.0 Å². The quantitative estimate of drug-likeness (QED) is 0.496. The monoisotopic (exact) mass is 435 g/mol. The molecule has 1 amide bonds. The molecular formula is C18H27Cl2N3O5. The van der Waals surface area contributed by atoms with E-state index in [1.54, 1.807) is 14.0 Å². The van der Waals surface area contributed by atoms with E-state index >= 15 is 0 Å². The number of carbonyl (C=O) groups excluding carboxylic acids is 2. The Kier molecular flexibility index (Phi) is 9.81. The summed E-state index contributed by atoms with van der Waals surface area (Å²) >= 11 is 6.04. The number of piperidine rings is 1. The van der Waals surface area contributed by atoms with Crippen molar-refractivity contribution in [1.82, 2.24) is 10.2 Å². The molecule has 28 heavy (non-hydrogen) atoms. The number of carbonyl (C=O) groups is 2. The molecule has 10 heteroatoms. The normalized spacial score (nSPS) is 19.4. The number of likely N-dealkylation sites (tertiary alicyclic amines) is 1. The van der Waals surface area contributed by atoms with Gasteiger partial charge in [0.15, 0.2) is 0 Å². The molecule has 0 aromatic heterocycles. The standard InChI is InChI=1S/C18H26ClN3O5.ClH/c1-4-27-17(23)10-22-6-5-14(16(9-22)26-3)21-18(24)11-7-12(19)13(20)8-15(11)25-2;/h7-8,14,16H,4-6,9-10,20H2,1-3H3,(H,21,24);1H/t14-,16+;/m0./s1. The van der Waals surface area contributed by atoms with Crippen LogP contribution in [0.5, 0.6) is 5.75 Å². The van der Waals surface area contributed by atoms with Crippen LogP contribution in [-0.2, 0) is 14.3 Å². The zero-order chi connectivity index (χ0) is 20.0. The Morgan fingerprint density at radius 2 is 2.07 bits per heavy atom. The molecule has 0 unspecified atom stereocenters. The minimum absolute atomic E-state index is 0. The fourth-order valence-corrected chi connectivity index (χ4v) is 3.24. The van der Waals surface area contributed by atoms with E-state index in [1.807, 2.05) is 4.90 Å². The Bertz CT molecular complexity index is 689. The highest BCUT2D eigenvalue weighted by Crippen LogP contribution is 2.29. The van der Waals surface area contributed by atoms with Gasteiger partial charge in [0, 0.05) is 26.3 Å². The second kappa shape index (κ2) is 11.3. The summed E-state index contributed by atoms with van der Waals surface area (Å²) < 4.78 is 15.7. The summed E-state index contributed by atoms with van der Waals surface area (Å²) in [6, 6.07) is 2.80. The highest BCUT2D eigenvalue weighted by molar-refractivity contribution is 6.33. The number of methoxy groups -OCH3 is 2. The number of nitrogens with two attached hydrogens (primary N) is 1. The summed E-state index contributed by atoms with van der Waals surface area (Å²) in [6.45, 7) is 3.49. The molecule has 0 spiro atoms. The molecule has 8 nitrogen and oxygen atoms in total. The number of benzene rings is 1. The maximum absolute atomic E-state index is 12.7. The molecule has 2 rings (SSSR count). The lowest BCUT2D eigenvalue weighted by Gasteiger charge is -2.37. The number of anilines is 1. The van der Waals surface area contributed by atoms with Gasteiger partial charge in [0.2, 0.25) is 0 Å². The predicted molar refractivity (Wildman–Crippen MR) is 109 cm³/mol. The second-order valence-electron chi connectivity index (χ2n) is 6.26. The van der Waals surface area contributed by atoms with Crippen LogP contribution in [0.1, 0.15) is 23.7 Å². The van der Waals surface area contributed by atoms with E-state index in [4.69, 9.17) is 31.5 Å². The molecule has 1 fully saturated rings. The number of ether oxygens (including phenoxy) is 3. The number of rotatable bonds is 7. The lowest BCUT2D eigenvalue weighted by atomic mass is 10.0. The van der Waals surface area contributed by atoms with Crippen LogP contribution < -0.4 is 15.8 Å². The number of halogens is 2. The van der Waals surface area contributed by atoms with E-state index in [2.05, 4.69) is 5.32 Å². The van der Waals surface area contributed by atoms with Crippen molar-refractivity contribution >= 4 is 41.6 Å². The molecule has 0 aliphatic carbocycles. The third-order valence-electron chi connectivity index (χ3n) is 4.48. The highest BCUT2D eigenvalue weighted by atomic mass is 35.5. The lowest BCUT2D eigenvalue weighted by molar-refractivity contribution is -0.145. The number of nitrogens with zero attached hydrogens (tertiary/aromatic N) is 1. The molecular weight excluding hydrogens is 409 g/mol. The van der Waals surface area contributed by atoms with Gasteiger partial charge < -0.3 is 25.3 Å². The molecule has 1 aliphatic rings. The van der Waals surface area contributed by atoms with Crippen molar-refractivity contribution in [1.29, 1.82) is 0 Å². The zero-order valence-electron chi connectivity index (χ0n) is 16.2. The molecule has 0 bridgehead atoms. The first kappa shape index (κ1) is 24.3. The molecule has 3 N–H and O–H groups in total. The minimum Gasteiger partial charge on any atom is -0.496 e. The second-order valence-corrected chi connectivity index (χ2v) is 6.66. The maximum Gasteiger partial charge on any atom is 0.320 e. The van der Waals surface area contributed by atoms with Crippen LogP contribution in [0.4, 0.5) is 5.69 Å². The SMILES string of the molecule is CCOC(=O)CN1CC[C@H](NC(=O)c2cc(Cl)c(N)cc2OC)[C@H](OC)C1.Cl. The fraction of sp³-hybridized carbons (Fsp3) is 0.556. The molecule has 2 atom stereocenters. The van der Waals surface area contributed by atoms with Crippen LogP contribution in [0.2, 0.25) is 5.02 Å². The Morgan fingerprint density at radius 3 is 2.68 bits per heavy atom. The van der Waals surface area contributed by atoms with E-state index < -0.39 is 0 Å². The predicted octanol–water partition coefficient (Wildman–Crippen LogP) is 1.73. The third kappa shape index (κ3) is 6.13. The number of hydrogen-bond acceptors (Lipinski definition) is 7. The number of hydrogen-bond donors (Lipinski definition) is 2. The van der Waals surface area contributed by atoms with E-state index in [-0.39, 0.29) is 48.0 Å². The van der Waals surface area contributed by atoms with Crippen molar-refractivity contribution in [3.05, 3.63) is 22.7 Å². The highest BCUT2D eigenvalue weighted by Gasteiger charge is 2.32. The van der Waals surface area contributed by atoms with Crippen molar-refractivity contribution in [2.75, 3.05) is 46.2 Å². The Hall–Kier alpha value is -1.74. The Morgan fingerprint density at radius 1 is 1.36 bits per heavy atom. The molecule has 1 aromatic carbocycles. The first-order chi connectivity index (χ1) is 12.9. The average molecular weight is 436 g/mol. The van der Waals surface area contributed by atoms with E-state index in [1.165, 1.54) is 19.2 Å². The fourth-order valence-electron chi connectivity index (χ4n) is 3.08. The van der Waals surface area contributed by atoms with Gasteiger partial charge in [-0.15, -0.1) is 12.4 Å². The first-order valence-corrected chi connectivity index (χ1v) is 9.12. The Balaban J connectivity index is 0.00000392. The number of amides is 1. The minimum atomic E-state index is -0.320. The van der Waals surface area contributed by atoms with Crippen molar-refractivity contribution in [3.8, 4) is 5.75 Å². The van der Waals surface area contributed by atoms with Crippen LogP contribution in [-0.4, -0.2) is 69.4 Å². The summed E-state index contributed by atoms with van der Waals surface area (Å²) in [4.78, 5) is 26.4. The molecule has 1 saturated heterocycles. The van der Waals surface area contributed by atoms with E-state index in [0.717, 1.165) is 0 Å². The van der Waals surface area contributed by atoms with Gasteiger partial charge in [0.1, 0.15) is 5.75 Å². The largest absolute Gasteiger partial charge is 0.496 e. The summed E-state index contributed by atoms with van der Waals surface area (Å²) in [5.74, 6) is -0.237. The van der Waals surface area contributed by atoms with E-state index in [0.29, 0.717) is 43.1 Å². The molecule has 1 aliphatic heterocycles. The third-order valence-corrected chi connectivity index (χ3v) is 4.81. The van der Waals surface area contributed by atoms with Gasteiger partial charge in [-0.05, 0) is 19.4 Å². The summed E-state index contributed by atoms with van der Waals surface area (Å²) in [5, 5.41) is 3.26. The summed E-state index contributed by atoms with van der Waals surface area (Å²) in [5.41, 5.74) is 6.41. The topological polar surface area (TPSA) is 103 Å². The van der Waals surface area contributed by atoms with Crippen LogP contribution in [0.15, 0.2) is 12.1 Å². The molecule has 0 radical (unpaired) electrons. The molecule has 1 heterocycles. The van der Waals surface area contributed by atoms with Crippen molar-refractivity contribution in [2.24, 2.45) is 0 Å². The van der Waals surface area contributed by atoms with Gasteiger partial charge >= 0.3 is 5.97 Å². The van der Waals surface area contributed by atoms with Crippen molar-refractivity contribution in [2.45, 2.75) is 25.5 Å². The maximum atomic E-state index is 12.7. The number of nitrogen functional groups attached to an aromatic ring is 1. The van der Waals surface area contributed by atoms with Gasteiger partial charge in [-0.2, -0.15) is 0 Å². The Labute approximate surface area is 176 Å². The molecule has 1 aromatic rings. The zero-order valence-corrected chi connectivity index (χ0v) is 17.8. The van der Waals surface area contributed by atoms with Gasteiger partial charge in [-0.25, -0.2) is 0 Å². The van der Waals surface area contributed by atoms with E-state index in [9.17, 15) is 9.59 Å². The van der Waals surface area contributed by atoms with Gasteiger partial charge in [0.05, 0.1) is 48.7 Å². The van der Waals surface area contributed by atoms with Crippen LogP contribution in [0, 0.1) is 0 Å². The van der Waals surface area contributed by atoms with Crippen LogP contribution in [0.25, 0.3) is 0 Å². The first-order valence-electron chi connectivity index (χ1n) is 8.74. The molecule has 158 valence electrons. The lowest BCUT2D eigenvalue weighted by Crippen LogP contribution is -2.55. The van der Waals surface area contributed by atoms with Gasteiger partial charge in [0.25, 0.3) is 5.91 Å². The number of nitrogens with one attached hydrogen (secondary N) is 1. The van der Waals surface area contributed by atoms with Gasteiger partial charge in [-0.3, -0.25) is 14.5 Å². The summed E-state index contributed by atoms with van der Waals surface area (Å²) in [6.07, 6.45) is 0.377. The number of esters is 1. The van der Waals surface area contributed by atoms with Crippen molar-refractivity contribution in [3.63, 3.8) is 0 Å². The van der Waals surface area contributed by atoms with Crippen molar-refractivity contribution < 1.29 is 23.8 Å². The smallest absolute Gasteiger partial charge is 0.320 e. The molecule has 0 saturated carbocycles.